The van der Waals surface area contributed by atoms with E-state index in [0.29, 0.717) is 30.1 Å². The Hall–Kier alpha value is -5.07. The van der Waals surface area contributed by atoms with Crippen molar-refractivity contribution >= 4 is 17.4 Å². The first kappa shape index (κ1) is 26.2. The quantitative estimate of drug-likeness (QED) is 0.336. The van der Waals surface area contributed by atoms with E-state index < -0.39 is 17.6 Å². The summed E-state index contributed by atoms with van der Waals surface area (Å²) < 4.78 is 44.5. The maximum Gasteiger partial charge on any atom is 0.416 e. The topological polar surface area (TPSA) is 115 Å². The van der Waals surface area contributed by atoms with Gasteiger partial charge in [-0.3, -0.25) is 14.4 Å². The Morgan fingerprint density at radius 2 is 1.90 bits per heavy atom. The number of nitrogens with one attached hydrogen (secondary N) is 2. The van der Waals surface area contributed by atoms with Gasteiger partial charge in [-0.15, -0.1) is 0 Å². The summed E-state index contributed by atoms with van der Waals surface area (Å²) in [6, 6.07) is 8.93. The number of fused-ring (bicyclic) bond motifs is 3. The van der Waals surface area contributed by atoms with Crippen LogP contribution in [0, 0.1) is 13.8 Å². The Bertz CT molecular complexity index is 1860. The summed E-state index contributed by atoms with van der Waals surface area (Å²) in [5.74, 6) is 0.784. The van der Waals surface area contributed by atoms with Crippen LogP contribution < -0.4 is 16.3 Å². The number of carbonyl (C=O) groups is 1. The minimum atomic E-state index is -4.67. The minimum Gasteiger partial charge on any atom is -0.369 e. The van der Waals surface area contributed by atoms with Gasteiger partial charge in [-0.25, -0.2) is 15.0 Å². The molecule has 0 saturated carbocycles. The molecule has 41 heavy (non-hydrogen) atoms. The number of anilines is 2. The molecule has 1 amide bonds. The first-order valence-electron chi connectivity index (χ1n) is 12.7. The minimum absolute atomic E-state index is 0.0637. The molecule has 3 aromatic rings. The van der Waals surface area contributed by atoms with E-state index in [1.165, 1.54) is 17.1 Å². The maximum atomic E-state index is 13.7. The summed E-state index contributed by atoms with van der Waals surface area (Å²) in [5.41, 5.74) is 3.51. The van der Waals surface area contributed by atoms with Crippen molar-refractivity contribution in [3.63, 3.8) is 0 Å². The van der Waals surface area contributed by atoms with Crippen LogP contribution in [0.3, 0.4) is 0 Å². The molecule has 0 bridgehead atoms. The lowest BCUT2D eigenvalue weighted by Gasteiger charge is -2.19. The molecule has 0 fully saturated rings. The second-order valence-corrected chi connectivity index (χ2v) is 9.66. The first-order valence-corrected chi connectivity index (χ1v) is 12.7. The Balaban J connectivity index is 1.39. The summed E-state index contributed by atoms with van der Waals surface area (Å²) in [7, 11) is 1.64. The highest BCUT2D eigenvalue weighted by atomic mass is 19.4. The SMILES string of the molecule is CN=c1ncc2cc(-c3cc(NC(=O)c4cc(C(F)(F)F)cc(-n5cnc(C)c5)n4)ccc3C)c3n(c-2n1)CCN3. The number of carbonyl (C=O) groups excluding carboxylic acids is 1. The van der Waals surface area contributed by atoms with Gasteiger partial charge in [0.1, 0.15) is 29.5 Å². The third kappa shape index (κ3) is 4.90. The molecule has 2 aromatic heterocycles. The number of imidazole rings is 1. The zero-order chi connectivity index (χ0) is 28.9. The molecule has 10 nitrogen and oxygen atoms in total. The smallest absolute Gasteiger partial charge is 0.369 e. The number of aromatic nitrogens is 6. The second-order valence-electron chi connectivity index (χ2n) is 9.66. The third-order valence-corrected chi connectivity index (χ3v) is 6.83. The number of pyridine rings is 2. The monoisotopic (exact) mass is 559 g/mol. The van der Waals surface area contributed by atoms with Crippen LogP contribution in [0.25, 0.3) is 28.3 Å². The van der Waals surface area contributed by atoms with E-state index in [9.17, 15) is 18.0 Å². The predicted molar refractivity (Wildman–Crippen MR) is 146 cm³/mol. The zero-order valence-corrected chi connectivity index (χ0v) is 22.3. The highest BCUT2D eigenvalue weighted by Gasteiger charge is 2.33. The molecule has 0 saturated heterocycles. The van der Waals surface area contributed by atoms with Gasteiger partial charge < -0.3 is 15.2 Å². The summed E-state index contributed by atoms with van der Waals surface area (Å²) in [4.78, 5) is 34.4. The lowest BCUT2D eigenvalue weighted by Crippen LogP contribution is -2.18. The fourth-order valence-electron chi connectivity index (χ4n) is 4.83. The van der Waals surface area contributed by atoms with Gasteiger partial charge in [0.15, 0.2) is 0 Å². The van der Waals surface area contributed by atoms with E-state index in [-0.39, 0.29) is 11.5 Å². The molecule has 3 aliphatic rings. The highest BCUT2D eigenvalue weighted by Crippen LogP contribution is 2.39. The van der Waals surface area contributed by atoms with Gasteiger partial charge in [0.2, 0.25) is 5.62 Å². The van der Waals surface area contributed by atoms with Crippen molar-refractivity contribution in [2.75, 3.05) is 24.2 Å². The van der Waals surface area contributed by atoms with Crippen molar-refractivity contribution in [3.8, 4) is 28.3 Å². The number of hydrogen-bond donors (Lipinski definition) is 2. The molecule has 13 heteroatoms. The van der Waals surface area contributed by atoms with Gasteiger partial charge in [0.25, 0.3) is 5.91 Å². The van der Waals surface area contributed by atoms with E-state index >= 15 is 0 Å². The average Bonchev–Trinajstić information content (AvgIpc) is 3.62. The van der Waals surface area contributed by atoms with E-state index in [1.807, 2.05) is 19.1 Å². The lowest BCUT2D eigenvalue weighted by atomic mass is 9.98. The molecule has 0 aliphatic carbocycles. The number of aryl methyl sites for hydroxylation is 2. The molecular formula is C28H24F3N9O. The van der Waals surface area contributed by atoms with Gasteiger partial charge in [0.05, 0.1) is 11.3 Å². The number of nitrogens with zero attached hydrogens (tertiary/aromatic N) is 7. The summed E-state index contributed by atoms with van der Waals surface area (Å²) in [6.07, 6.45) is -0.0639. The number of halogens is 3. The average molecular weight is 560 g/mol. The summed E-state index contributed by atoms with van der Waals surface area (Å²) >= 11 is 0. The van der Waals surface area contributed by atoms with E-state index in [4.69, 9.17) is 0 Å². The van der Waals surface area contributed by atoms with Crippen LogP contribution in [0.5, 0.6) is 0 Å². The summed E-state index contributed by atoms with van der Waals surface area (Å²) in [5, 5.41) is 6.13. The Kier molecular flexibility index (Phi) is 6.28. The van der Waals surface area contributed by atoms with Crippen molar-refractivity contribution in [1.29, 1.82) is 0 Å². The zero-order valence-electron chi connectivity index (χ0n) is 22.3. The second kappa shape index (κ2) is 9.84. The van der Waals surface area contributed by atoms with Crippen molar-refractivity contribution in [3.05, 3.63) is 83.3 Å². The van der Waals surface area contributed by atoms with Crippen LogP contribution >= 0.6 is 0 Å². The van der Waals surface area contributed by atoms with Crippen LogP contribution in [0.2, 0.25) is 0 Å². The van der Waals surface area contributed by atoms with Crippen LogP contribution in [0.4, 0.5) is 24.7 Å². The Morgan fingerprint density at radius 1 is 1.07 bits per heavy atom. The number of hydrogen-bond acceptors (Lipinski definition) is 7. The number of benzene rings is 1. The third-order valence-electron chi connectivity index (χ3n) is 6.83. The first-order chi connectivity index (χ1) is 19.6. The van der Waals surface area contributed by atoms with Crippen molar-refractivity contribution in [2.24, 2.45) is 4.99 Å². The van der Waals surface area contributed by atoms with Gasteiger partial charge in [-0.05, 0) is 55.3 Å². The van der Waals surface area contributed by atoms with E-state index in [2.05, 4.69) is 40.1 Å². The molecule has 0 spiro atoms. The number of alkyl halides is 3. The fourth-order valence-corrected chi connectivity index (χ4v) is 4.83. The molecule has 1 aromatic carbocycles. The highest BCUT2D eigenvalue weighted by molar-refractivity contribution is 6.03. The van der Waals surface area contributed by atoms with Crippen molar-refractivity contribution in [1.82, 2.24) is 29.1 Å². The molecule has 0 radical (unpaired) electrons. The normalized spacial score (nSPS) is 13.4. The van der Waals surface area contributed by atoms with Crippen molar-refractivity contribution in [2.45, 2.75) is 26.6 Å². The van der Waals surface area contributed by atoms with Gasteiger partial charge >= 0.3 is 6.18 Å². The van der Waals surface area contributed by atoms with Crippen LogP contribution in [-0.4, -0.2) is 48.6 Å². The molecule has 6 rings (SSSR count). The van der Waals surface area contributed by atoms with Gasteiger partial charge in [-0.1, -0.05) is 6.07 Å². The number of rotatable bonds is 4. The lowest BCUT2D eigenvalue weighted by molar-refractivity contribution is -0.137. The standard InChI is InChI=1S/C28H24F3N9O/c1-15-4-5-19(11-20(15)21-8-17-12-34-27(32-3)38-24(17)40-7-6-33-25(21)40)36-26(41)22-9-18(28(29,30)31)10-23(37-22)39-13-16(2)35-14-39/h4-5,8-14,33H,6-7H2,1-3H3,(H,36,41). The molecular weight excluding hydrogens is 535 g/mol. The molecule has 0 unspecified atom stereocenters. The summed E-state index contributed by atoms with van der Waals surface area (Å²) in [6.45, 7) is 5.07. The molecule has 208 valence electrons. The van der Waals surface area contributed by atoms with E-state index in [0.717, 1.165) is 46.0 Å². The number of amides is 1. The Labute approximate surface area is 232 Å². The van der Waals surface area contributed by atoms with Crippen LogP contribution in [0.1, 0.15) is 27.3 Å². The molecule has 2 N–H and O–H groups in total. The molecule has 0 atom stereocenters. The van der Waals surface area contributed by atoms with Gasteiger partial charge in [0, 0.05) is 49.3 Å². The van der Waals surface area contributed by atoms with Crippen LogP contribution in [0.15, 0.2) is 60.1 Å². The Morgan fingerprint density at radius 3 is 2.63 bits per heavy atom. The largest absolute Gasteiger partial charge is 0.416 e. The van der Waals surface area contributed by atoms with E-state index in [1.54, 1.807) is 32.3 Å². The fraction of sp³-hybridized carbons (Fsp3) is 0.214. The van der Waals surface area contributed by atoms with Gasteiger partial charge in [-0.2, -0.15) is 18.2 Å². The predicted octanol–water partition coefficient (Wildman–Crippen LogP) is 4.47. The molecule has 3 aliphatic heterocycles. The molecule has 5 heterocycles. The van der Waals surface area contributed by atoms with Crippen molar-refractivity contribution < 1.29 is 18.0 Å². The van der Waals surface area contributed by atoms with Crippen LogP contribution in [-0.2, 0) is 12.7 Å². The maximum absolute atomic E-state index is 13.7.